The maximum atomic E-state index is 11.4. The largest absolute Gasteiger partial charge is 0.458 e. The molecule has 6 heteroatoms. The third kappa shape index (κ3) is 4.08. The van der Waals surface area contributed by atoms with Crippen LogP contribution < -0.4 is 0 Å². The molecule has 0 radical (unpaired) electrons. The van der Waals surface area contributed by atoms with Crippen molar-refractivity contribution < 1.29 is 14.1 Å². The van der Waals surface area contributed by atoms with E-state index in [0.717, 1.165) is 15.6 Å². The van der Waals surface area contributed by atoms with Gasteiger partial charge < -0.3 is 4.42 Å². The summed E-state index contributed by atoms with van der Waals surface area (Å²) in [5.41, 5.74) is 1.73. The van der Waals surface area contributed by atoms with Crippen LogP contribution >= 0.6 is 15.9 Å². The van der Waals surface area contributed by atoms with Crippen LogP contribution in [0.15, 0.2) is 75.6 Å². The van der Waals surface area contributed by atoms with Crippen molar-refractivity contribution >= 4 is 22.2 Å². The van der Waals surface area contributed by atoms with E-state index in [9.17, 15) is 14.9 Å². The summed E-state index contributed by atoms with van der Waals surface area (Å²) in [4.78, 5) is 22.1. The summed E-state index contributed by atoms with van der Waals surface area (Å²) in [5, 5.41) is 11.4. The molecule has 0 fully saturated rings. The Hall–Kier alpha value is -2.73. The first-order valence-electron chi connectivity index (χ1n) is 8.05. The minimum atomic E-state index is -0.432. The van der Waals surface area contributed by atoms with Crippen molar-refractivity contribution in [3.8, 4) is 0 Å². The van der Waals surface area contributed by atoms with E-state index >= 15 is 0 Å². The Morgan fingerprint density at radius 2 is 1.69 bits per heavy atom. The lowest BCUT2D eigenvalue weighted by molar-refractivity contribution is -0.483. The maximum absolute atomic E-state index is 11.4. The summed E-state index contributed by atoms with van der Waals surface area (Å²) in [6.07, 6.45) is 0.632. The van der Waals surface area contributed by atoms with Crippen molar-refractivity contribution in [3.63, 3.8) is 0 Å². The van der Waals surface area contributed by atoms with Crippen LogP contribution in [-0.4, -0.2) is 17.8 Å². The zero-order valence-corrected chi connectivity index (χ0v) is 15.3. The fraction of sp³-hybridized carbons (Fsp3) is 0.150. The number of rotatable bonds is 7. The van der Waals surface area contributed by atoms with Crippen molar-refractivity contribution in [2.24, 2.45) is 0 Å². The number of furan rings is 1. The summed E-state index contributed by atoms with van der Waals surface area (Å²) >= 11 is 3.41. The van der Waals surface area contributed by atoms with E-state index in [1.165, 1.54) is 0 Å². The number of benzene rings is 2. The Morgan fingerprint density at radius 1 is 1.00 bits per heavy atom. The van der Waals surface area contributed by atoms with E-state index in [2.05, 4.69) is 15.9 Å². The molecule has 0 N–H and O–H groups in total. The Morgan fingerprint density at radius 3 is 2.27 bits per heavy atom. The number of carbonyl (C=O) groups is 1. The Labute approximate surface area is 158 Å². The van der Waals surface area contributed by atoms with Crippen LogP contribution in [0, 0.1) is 10.1 Å². The highest BCUT2D eigenvalue weighted by Crippen LogP contribution is 2.39. The van der Waals surface area contributed by atoms with Crippen LogP contribution in [0.3, 0.4) is 0 Å². The molecule has 0 aliphatic carbocycles. The van der Waals surface area contributed by atoms with Crippen molar-refractivity contribution in [2.75, 3.05) is 6.54 Å². The fourth-order valence-electron chi connectivity index (χ4n) is 3.13. The molecule has 1 aromatic heterocycles. The fourth-order valence-corrected chi connectivity index (χ4v) is 3.39. The van der Waals surface area contributed by atoms with Gasteiger partial charge in [-0.25, -0.2) is 0 Å². The van der Waals surface area contributed by atoms with Crippen LogP contribution in [0.25, 0.3) is 0 Å². The number of hydrogen-bond acceptors (Lipinski definition) is 4. The van der Waals surface area contributed by atoms with Crippen LogP contribution in [-0.2, 0) is 0 Å². The van der Waals surface area contributed by atoms with Gasteiger partial charge in [0.2, 0.25) is 6.54 Å². The van der Waals surface area contributed by atoms with Gasteiger partial charge in [0.05, 0.1) is 11.8 Å². The lowest BCUT2D eigenvalue weighted by Gasteiger charge is -2.24. The van der Waals surface area contributed by atoms with Gasteiger partial charge in [-0.05, 0) is 35.4 Å². The molecule has 0 bridgehead atoms. The Kier molecular flexibility index (Phi) is 5.63. The van der Waals surface area contributed by atoms with Crippen LogP contribution in [0.5, 0.6) is 0 Å². The summed E-state index contributed by atoms with van der Waals surface area (Å²) in [5.74, 6) is -0.0808. The van der Waals surface area contributed by atoms with Gasteiger partial charge >= 0.3 is 0 Å². The zero-order valence-electron chi connectivity index (χ0n) is 13.7. The number of aldehydes is 1. The summed E-state index contributed by atoms with van der Waals surface area (Å²) < 4.78 is 6.58. The first-order valence-corrected chi connectivity index (χ1v) is 8.85. The number of nitrogens with zero attached hydrogens (tertiary/aromatic N) is 1. The smallest absolute Gasteiger partial charge is 0.211 e. The number of nitro groups is 1. The zero-order chi connectivity index (χ0) is 18.5. The van der Waals surface area contributed by atoms with Gasteiger partial charge in [0, 0.05) is 9.40 Å². The van der Waals surface area contributed by atoms with Gasteiger partial charge in [-0.2, -0.15) is 0 Å². The molecule has 5 nitrogen and oxygen atoms in total. The van der Waals surface area contributed by atoms with Crippen molar-refractivity contribution in [1.82, 2.24) is 0 Å². The van der Waals surface area contributed by atoms with E-state index in [4.69, 9.17) is 4.42 Å². The molecule has 0 saturated heterocycles. The molecule has 2 aromatic carbocycles. The van der Waals surface area contributed by atoms with Gasteiger partial charge in [-0.15, -0.1) is 0 Å². The predicted molar refractivity (Wildman–Crippen MR) is 101 cm³/mol. The molecule has 1 heterocycles. The monoisotopic (exact) mass is 413 g/mol. The summed E-state index contributed by atoms with van der Waals surface area (Å²) in [6, 6.07) is 20.3. The molecule has 2 atom stereocenters. The van der Waals surface area contributed by atoms with Gasteiger partial charge in [0.1, 0.15) is 5.76 Å². The average Bonchev–Trinajstić information content (AvgIpc) is 3.12. The van der Waals surface area contributed by atoms with Gasteiger partial charge in [0.25, 0.3) is 0 Å². The van der Waals surface area contributed by atoms with Crippen LogP contribution in [0.1, 0.15) is 39.3 Å². The number of carbonyl (C=O) groups excluding carboxylic acids is 1. The summed E-state index contributed by atoms with van der Waals surface area (Å²) in [7, 11) is 0. The molecule has 0 aliphatic heterocycles. The molecular formula is C20H16BrNO4. The molecule has 0 aliphatic rings. The van der Waals surface area contributed by atoms with E-state index in [0.29, 0.717) is 12.0 Å². The average molecular weight is 414 g/mol. The van der Waals surface area contributed by atoms with Crippen molar-refractivity contribution in [2.45, 2.75) is 11.8 Å². The molecule has 26 heavy (non-hydrogen) atoms. The third-order valence-electron chi connectivity index (χ3n) is 4.28. The first kappa shape index (κ1) is 18.1. The second-order valence-corrected chi connectivity index (χ2v) is 6.84. The highest BCUT2D eigenvalue weighted by atomic mass is 79.9. The molecule has 3 aromatic rings. The van der Waals surface area contributed by atoms with E-state index in [1.807, 2.05) is 54.6 Å². The highest BCUT2D eigenvalue weighted by molar-refractivity contribution is 9.10. The standard InChI is InChI=1S/C20H16BrNO4/c21-16-8-6-15(7-9-16)20(19-11-10-17(13-23)26-19)18(12-22(24)25)14-4-2-1-3-5-14/h1-11,13,18,20H,12H2/t18-,20+/m1/s1. The third-order valence-corrected chi connectivity index (χ3v) is 4.80. The molecular weight excluding hydrogens is 398 g/mol. The summed E-state index contributed by atoms with van der Waals surface area (Å²) in [6.45, 7) is -0.248. The Bertz CT molecular complexity index is 890. The SMILES string of the molecule is O=Cc1ccc([C@@H](c2ccc(Br)cc2)[C@H](C[N+](=O)[O-])c2ccccc2)o1. The molecule has 3 rings (SSSR count). The second kappa shape index (κ2) is 8.10. The van der Waals surface area contributed by atoms with Crippen LogP contribution in [0.4, 0.5) is 0 Å². The molecule has 0 unspecified atom stereocenters. The van der Waals surface area contributed by atoms with Gasteiger partial charge in [0.15, 0.2) is 12.0 Å². The quantitative estimate of drug-likeness (QED) is 0.308. The molecule has 0 saturated carbocycles. The van der Waals surface area contributed by atoms with Gasteiger partial charge in [-0.3, -0.25) is 14.9 Å². The minimum absolute atomic E-state index is 0.204. The van der Waals surface area contributed by atoms with Crippen LogP contribution in [0.2, 0.25) is 0 Å². The lowest BCUT2D eigenvalue weighted by Crippen LogP contribution is -2.21. The predicted octanol–water partition coefficient (Wildman–Crippen LogP) is 5.05. The maximum Gasteiger partial charge on any atom is 0.211 e. The van der Waals surface area contributed by atoms with Crippen molar-refractivity contribution in [3.05, 3.63) is 104 Å². The van der Waals surface area contributed by atoms with Crippen molar-refractivity contribution in [1.29, 1.82) is 0 Å². The molecule has 0 amide bonds. The molecule has 132 valence electrons. The Balaban J connectivity index is 2.13. The van der Waals surface area contributed by atoms with E-state index in [1.54, 1.807) is 12.1 Å². The van der Waals surface area contributed by atoms with E-state index < -0.39 is 5.92 Å². The number of hydrogen-bond donors (Lipinski definition) is 0. The first-order chi connectivity index (χ1) is 12.6. The second-order valence-electron chi connectivity index (χ2n) is 5.92. The topological polar surface area (TPSA) is 73.3 Å². The van der Waals surface area contributed by atoms with Gasteiger partial charge in [-0.1, -0.05) is 58.4 Å². The lowest BCUT2D eigenvalue weighted by atomic mass is 9.80. The number of halogens is 1. The molecule has 0 spiro atoms. The minimum Gasteiger partial charge on any atom is -0.458 e. The van der Waals surface area contributed by atoms with E-state index in [-0.39, 0.29) is 23.1 Å². The highest BCUT2D eigenvalue weighted by Gasteiger charge is 2.32. The normalized spacial score (nSPS) is 13.1.